The molecule has 4 nitrogen and oxygen atoms in total. The van der Waals surface area contributed by atoms with Crippen molar-refractivity contribution in [2.45, 2.75) is 18.8 Å². The summed E-state index contributed by atoms with van der Waals surface area (Å²) in [5, 5.41) is 9.76. The first kappa shape index (κ1) is 14.5. The first-order chi connectivity index (χ1) is 9.17. The summed E-state index contributed by atoms with van der Waals surface area (Å²) in [7, 11) is 1.68. The predicted octanol–water partition coefficient (Wildman–Crippen LogP) is 3.45. The molecule has 0 radical (unpaired) electrons. The Bertz CT molecular complexity index is 571. The molecule has 2 rings (SSSR count). The molecule has 1 aromatic carbocycles. The third-order valence-electron chi connectivity index (χ3n) is 2.83. The molecule has 0 saturated heterocycles. The number of hydrogen-bond donors (Lipinski definition) is 0. The lowest BCUT2D eigenvalue weighted by atomic mass is 10.1. The molecule has 0 bridgehead atoms. The molecule has 102 valence electrons. The van der Waals surface area contributed by atoms with Crippen LogP contribution in [0.3, 0.4) is 0 Å². The Morgan fingerprint density at radius 1 is 1.37 bits per heavy atom. The van der Waals surface area contributed by atoms with Gasteiger partial charge in [-0.05, 0) is 24.6 Å². The highest BCUT2D eigenvalue weighted by Gasteiger charge is 2.15. The van der Waals surface area contributed by atoms with E-state index in [1.807, 2.05) is 29.7 Å². The predicted molar refractivity (Wildman–Crippen MR) is 79.7 cm³/mol. The first-order valence-corrected chi connectivity index (χ1v) is 7.40. The summed E-state index contributed by atoms with van der Waals surface area (Å²) in [5.74, 6) is 1.64. The zero-order valence-electron chi connectivity index (χ0n) is 10.9. The van der Waals surface area contributed by atoms with E-state index in [1.54, 1.807) is 7.11 Å². The molecule has 1 aromatic heterocycles. The van der Waals surface area contributed by atoms with E-state index >= 15 is 0 Å². The Kier molecular flexibility index (Phi) is 4.96. The number of alkyl halides is 1. The van der Waals surface area contributed by atoms with Crippen molar-refractivity contribution >= 4 is 27.5 Å². The van der Waals surface area contributed by atoms with Crippen molar-refractivity contribution < 1.29 is 4.74 Å². The highest BCUT2D eigenvalue weighted by atomic mass is 79.9. The summed E-state index contributed by atoms with van der Waals surface area (Å²) in [4.78, 5) is 0. The Morgan fingerprint density at radius 3 is 2.79 bits per heavy atom. The van der Waals surface area contributed by atoms with E-state index in [9.17, 15) is 0 Å². The number of ether oxygens (including phenoxy) is 1. The minimum absolute atomic E-state index is 0.606. The number of methoxy groups -OCH3 is 1. The molecular formula is C13H15BrClN3O. The van der Waals surface area contributed by atoms with Crippen LogP contribution in [0.25, 0.3) is 11.4 Å². The standard InChI is InChI=1S/C13H15BrClN3O/c1-9-3-4-10(11(15)7-9)13-17-16-12(8-14)18(13)5-6-19-2/h3-4,7H,5-6,8H2,1-2H3. The number of hydrogen-bond acceptors (Lipinski definition) is 3. The minimum Gasteiger partial charge on any atom is -0.383 e. The average Bonchev–Trinajstić information content (AvgIpc) is 2.79. The lowest BCUT2D eigenvalue weighted by Gasteiger charge is -2.10. The summed E-state index contributed by atoms with van der Waals surface area (Å²) in [6.07, 6.45) is 0. The number of aryl methyl sites for hydroxylation is 1. The minimum atomic E-state index is 0.606. The lowest BCUT2D eigenvalue weighted by Crippen LogP contribution is -2.09. The Balaban J connectivity index is 2.46. The van der Waals surface area contributed by atoms with Crippen LogP contribution >= 0.6 is 27.5 Å². The van der Waals surface area contributed by atoms with E-state index in [1.165, 1.54) is 0 Å². The number of halogens is 2. The molecule has 0 spiro atoms. The zero-order chi connectivity index (χ0) is 13.8. The van der Waals surface area contributed by atoms with Gasteiger partial charge in [0.1, 0.15) is 5.82 Å². The maximum atomic E-state index is 6.30. The van der Waals surface area contributed by atoms with Crippen molar-refractivity contribution in [1.82, 2.24) is 14.8 Å². The van der Waals surface area contributed by atoms with Gasteiger partial charge < -0.3 is 9.30 Å². The van der Waals surface area contributed by atoms with Gasteiger partial charge in [0.15, 0.2) is 5.82 Å². The molecule has 0 fully saturated rings. The highest BCUT2D eigenvalue weighted by molar-refractivity contribution is 9.08. The van der Waals surface area contributed by atoms with Gasteiger partial charge in [0.25, 0.3) is 0 Å². The van der Waals surface area contributed by atoms with Crippen LogP contribution in [0.4, 0.5) is 0 Å². The molecule has 0 amide bonds. The highest BCUT2D eigenvalue weighted by Crippen LogP contribution is 2.28. The van der Waals surface area contributed by atoms with Crippen molar-refractivity contribution in [3.8, 4) is 11.4 Å². The monoisotopic (exact) mass is 343 g/mol. The number of rotatable bonds is 5. The van der Waals surface area contributed by atoms with Crippen LogP contribution in [0.1, 0.15) is 11.4 Å². The van der Waals surface area contributed by atoms with Crippen LogP contribution in [-0.2, 0) is 16.6 Å². The number of nitrogens with zero attached hydrogens (tertiary/aromatic N) is 3. The van der Waals surface area contributed by atoms with Gasteiger partial charge >= 0.3 is 0 Å². The van der Waals surface area contributed by atoms with E-state index in [-0.39, 0.29) is 0 Å². The Morgan fingerprint density at radius 2 is 2.16 bits per heavy atom. The average molecular weight is 345 g/mol. The lowest BCUT2D eigenvalue weighted by molar-refractivity contribution is 0.187. The largest absolute Gasteiger partial charge is 0.383 e. The van der Waals surface area contributed by atoms with Crippen molar-refractivity contribution in [3.05, 3.63) is 34.6 Å². The molecular weight excluding hydrogens is 330 g/mol. The molecule has 0 aliphatic rings. The molecule has 19 heavy (non-hydrogen) atoms. The molecule has 0 N–H and O–H groups in total. The fraction of sp³-hybridized carbons (Fsp3) is 0.385. The molecule has 6 heteroatoms. The van der Waals surface area contributed by atoms with Gasteiger partial charge in [-0.3, -0.25) is 0 Å². The maximum Gasteiger partial charge on any atom is 0.165 e. The Labute approximate surface area is 125 Å². The van der Waals surface area contributed by atoms with E-state index in [0.29, 0.717) is 23.5 Å². The third kappa shape index (κ3) is 3.16. The van der Waals surface area contributed by atoms with Crippen LogP contribution in [0, 0.1) is 6.92 Å². The molecule has 2 aromatic rings. The molecule has 0 saturated carbocycles. The second-order valence-electron chi connectivity index (χ2n) is 4.20. The SMILES string of the molecule is COCCn1c(CBr)nnc1-c1ccc(C)cc1Cl. The van der Waals surface area contributed by atoms with Crippen LogP contribution in [0.15, 0.2) is 18.2 Å². The van der Waals surface area contributed by atoms with Crippen molar-refractivity contribution in [2.24, 2.45) is 0 Å². The normalized spacial score (nSPS) is 10.9. The van der Waals surface area contributed by atoms with Crippen LogP contribution < -0.4 is 0 Å². The summed E-state index contributed by atoms with van der Waals surface area (Å²) >= 11 is 9.72. The van der Waals surface area contributed by atoms with Gasteiger partial charge in [-0.2, -0.15) is 0 Å². The summed E-state index contributed by atoms with van der Waals surface area (Å²) < 4.78 is 7.15. The topological polar surface area (TPSA) is 39.9 Å². The van der Waals surface area contributed by atoms with Crippen LogP contribution in [0.5, 0.6) is 0 Å². The first-order valence-electron chi connectivity index (χ1n) is 5.91. The molecule has 0 unspecified atom stereocenters. The van der Waals surface area contributed by atoms with Crippen molar-refractivity contribution in [1.29, 1.82) is 0 Å². The van der Waals surface area contributed by atoms with Gasteiger partial charge in [-0.1, -0.05) is 33.6 Å². The van der Waals surface area contributed by atoms with Gasteiger partial charge in [0.05, 0.1) is 17.0 Å². The number of benzene rings is 1. The van der Waals surface area contributed by atoms with Crippen LogP contribution in [0.2, 0.25) is 5.02 Å². The van der Waals surface area contributed by atoms with Gasteiger partial charge in [0, 0.05) is 19.2 Å². The maximum absolute atomic E-state index is 6.30. The van der Waals surface area contributed by atoms with Gasteiger partial charge in [-0.25, -0.2) is 0 Å². The van der Waals surface area contributed by atoms with Gasteiger partial charge in [0.2, 0.25) is 0 Å². The van der Waals surface area contributed by atoms with Crippen molar-refractivity contribution in [3.63, 3.8) is 0 Å². The summed E-state index contributed by atoms with van der Waals surface area (Å²) in [6, 6.07) is 5.92. The molecule has 0 atom stereocenters. The van der Waals surface area contributed by atoms with E-state index in [2.05, 4.69) is 26.1 Å². The quantitative estimate of drug-likeness (QED) is 0.780. The fourth-order valence-corrected chi connectivity index (χ4v) is 2.59. The summed E-state index contributed by atoms with van der Waals surface area (Å²) in [5.41, 5.74) is 2.01. The molecule has 0 aliphatic carbocycles. The van der Waals surface area contributed by atoms with E-state index in [0.717, 1.165) is 22.8 Å². The third-order valence-corrected chi connectivity index (χ3v) is 3.65. The zero-order valence-corrected chi connectivity index (χ0v) is 13.2. The smallest absolute Gasteiger partial charge is 0.165 e. The number of aromatic nitrogens is 3. The second-order valence-corrected chi connectivity index (χ2v) is 5.17. The molecule has 0 aliphatic heterocycles. The van der Waals surface area contributed by atoms with Crippen molar-refractivity contribution in [2.75, 3.05) is 13.7 Å². The van der Waals surface area contributed by atoms with E-state index < -0.39 is 0 Å². The van der Waals surface area contributed by atoms with E-state index in [4.69, 9.17) is 16.3 Å². The molecule has 1 heterocycles. The fourth-order valence-electron chi connectivity index (χ4n) is 1.85. The van der Waals surface area contributed by atoms with Crippen LogP contribution in [-0.4, -0.2) is 28.5 Å². The summed E-state index contributed by atoms with van der Waals surface area (Å²) in [6.45, 7) is 3.31. The second kappa shape index (κ2) is 6.50. The van der Waals surface area contributed by atoms with Gasteiger partial charge in [-0.15, -0.1) is 10.2 Å². The Hall–Kier alpha value is -0.910.